The monoisotopic (exact) mass is 258 g/mol. The number of pyridine rings is 1. The number of anilines is 1. The van der Waals surface area contributed by atoms with Crippen molar-refractivity contribution in [1.29, 1.82) is 0 Å². The number of carbonyl (C=O) groups excluding carboxylic acids is 1. The predicted molar refractivity (Wildman–Crippen MR) is 65.9 cm³/mol. The van der Waals surface area contributed by atoms with Crippen LogP contribution in [0.5, 0.6) is 0 Å². The zero-order valence-electron chi connectivity index (χ0n) is 9.99. The fourth-order valence-electron chi connectivity index (χ4n) is 1.46. The Labute approximate surface area is 108 Å². The molecular formula is C12H10N4O3. The SMILES string of the molecule is Cc1nc(C(=O)Nc2cccnn2)ccc1C(=O)O. The highest BCUT2D eigenvalue weighted by atomic mass is 16.4. The number of carbonyl (C=O) groups is 2. The van der Waals surface area contributed by atoms with Gasteiger partial charge in [-0.25, -0.2) is 9.78 Å². The van der Waals surface area contributed by atoms with Crippen LogP contribution in [-0.2, 0) is 0 Å². The van der Waals surface area contributed by atoms with Crippen LogP contribution in [0.1, 0.15) is 26.5 Å². The quantitative estimate of drug-likeness (QED) is 0.854. The molecule has 2 aromatic rings. The van der Waals surface area contributed by atoms with Gasteiger partial charge < -0.3 is 10.4 Å². The highest BCUT2D eigenvalue weighted by Gasteiger charge is 2.13. The van der Waals surface area contributed by atoms with E-state index < -0.39 is 11.9 Å². The van der Waals surface area contributed by atoms with E-state index in [1.165, 1.54) is 25.3 Å². The van der Waals surface area contributed by atoms with Crippen LogP contribution in [0.4, 0.5) is 5.82 Å². The van der Waals surface area contributed by atoms with Gasteiger partial charge in [-0.15, -0.1) is 5.10 Å². The van der Waals surface area contributed by atoms with E-state index in [1.807, 2.05) is 0 Å². The lowest BCUT2D eigenvalue weighted by molar-refractivity contribution is 0.0695. The Morgan fingerprint density at radius 1 is 1.26 bits per heavy atom. The van der Waals surface area contributed by atoms with Crippen molar-refractivity contribution in [2.24, 2.45) is 0 Å². The van der Waals surface area contributed by atoms with E-state index in [-0.39, 0.29) is 17.0 Å². The van der Waals surface area contributed by atoms with Crippen molar-refractivity contribution in [3.05, 3.63) is 47.4 Å². The number of carboxylic acids is 1. The molecular weight excluding hydrogens is 248 g/mol. The Kier molecular flexibility index (Phi) is 3.46. The molecule has 0 bridgehead atoms. The molecule has 0 saturated carbocycles. The highest BCUT2D eigenvalue weighted by Crippen LogP contribution is 2.08. The van der Waals surface area contributed by atoms with Gasteiger partial charge in [0.1, 0.15) is 5.69 Å². The van der Waals surface area contributed by atoms with Crippen LogP contribution >= 0.6 is 0 Å². The van der Waals surface area contributed by atoms with Gasteiger partial charge in [-0.05, 0) is 31.2 Å². The van der Waals surface area contributed by atoms with Gasteiger partial charge in [0, 0.05) is 6.20 Å². The van der Waals surface area contributed by atoms with Crippen LogP contribution in [0.15, 0.2) is 30.5 Å². The maximum Gasteiger partial charge on any atom is 0.337 e. The average Bonchev–Trinajstić information content (AvgIpc) is 2.39. The van der Waals surface area contributed by atoms with Gasteiger partial charge in [0.05, 0.1) is 11.3 Å². The number of carboxylic acid groups (broad SMARTS) is 1. The second kappa shape index (κ2) is 5.21. The van der Waals surface area contributed by atoms with Crippen molar-refractivity contribution >= 4 is 17.7 Å². The predicted octanol–water partition coefficient (Wildman–Crippen LogP) is 1.13. The van der Waals surface area contributed by atoms with E-state index in [2.05, 4.69) is 20.5 Å². The Hall–Kier alpha value is -2.83. The van der Waals surface area contributed by atoms with Crippen LogP contribution in [0, 0.1) is 6.92 Å². The molecule has 0 fully saturated rings. The van der Waals surface area contributed by atoms with Crippen molar-refractivity contribution in [3.8, 4) is 0 Å². The second-order valence-corrected chi connectivity index (χ2v) is 3.70. The third kappa shape index (κ3) is 2.89. The summed E-state index contributed by atoms with van der Waals surface area (Å²) in [6.45, 7) is 1.53. The van der Waals surface area contributed by atoms with Gasteiger partial charge in [-0.2, -0.15) is 5.10 Å². The van der Waals surface area contributed by atoms with E-state index in [9.17, 15) is 9.59 Å². The summed E-state index contributed by atoms with van der Waals surface area (Å²) < 4.78 is 0. The number of nitrogens with zero attached hydrogens (tertiary/aromatic N) is 3. The molecule has 0 aliphatic carbocycles. The number of aromatic nitrogens is 3. The molecule has 2 rings (SSSR count). The second-order valence-electron chi connectivity index (χ2n) is 3.70. The van der Waals surface area contributed by atoms with Gasteiger partial charge in [0.15, 0.2) is 5.82 Å². The number of nitrogens with one attached hydrogen (secondary N) is 1. The Morgan fingerprint density at radius 2 is 2.05 bits per heavy atom. The summed E-state index contributed by atoms with van der Waals surface area (Å²) in [4.78, 5) is 26.6. The minimum Gasteiger partial charge on any atom is -0.478 e. The first-order valence-corrected chi connectivity index (χ1v) is 5.38. The molecule has 2 heterocycles. The average molecular weight is 258 g/mol. The summed E-state index contributed by atoms with van der Waals surface area (Å²) >= 11 is 0. The first kappa shape index (κ1) is 12.6. The molecule has 0 spiro atoms. The number of hydrogen-bond donors (Lipinski definition) is 2. The Balaban J connectivity index is 2.21. The maximum atomic E-state index is 11.9. The van der Waals surface area contributed by atoms with Gasteiger partial charge >= 0.3 is 5.97 Å². The number of rotatable bonds is 3. The standard InChI is InChI=1S/C12H10N4O3/c1-7-8(12(18)19)4-5-9(14-7)11(17)15-10-3-2-6-13-16-10/h2-6H,1H3,(H,18,19)(H,15,16,17). The fraction of sp³-hybridized carbons (Fsp3) is 0.0833. The molecule has 2 N–H and O–H groups in total. The lowest BCUT2D eigenvalue weighted by atomic mass is 10.2. The van der Waals surface area contributed by atoms with Gasteiger partial charge in [-0.3, -0.25) is 4.79 Å². The summed E-state index contributed by atoms with van der Waals surface area (Å²) in [5, 5.41) is 18.7. The molecule has 0 aromatic carbocycles. The summed E-state index contributed by atoms with van der Waals surface area (Å²) in [5.74, 6) is -1.25. The summed E-state index contributed by atoms with van der Waals surface area (Å²) in [5.41, 5.74) is 0.462. The Bertz CT molecular complexity index is 628. The summed E-state index contributed by atoms with van der Waals surface area (Å²) in [7, 11) is 0. The van der Waals surface area contributed by atoms with Crippen molar-refractivity contribution in [2.45, 2.75) is 6.92 Å². The molecule has 7 heteroatoms. The molecule has 0 atom stereocenters. The first-order valence-electron chi connectivity index (χ1n) is 5.38. The minimum atomic E-state index is -1.08. The lowest BCUT2D eigenvalue weighted by Crippen LogP contribution is -2.16. The molecule has 0 unspecified atom stereocenters. The van der Waals surface area contributed by atoms with E-state index in [0.717, 1.165) is 0 Å². The van der Waals surface area contributed by atoms with Crippen molar-refractivity contribution < 1.29 is 14.7 Å². The largest absolute Gasteiger partial charge is 0.478 e. The van der Waals surface area contributed by atoms with Gasteiger partial charge in [0.2, 0.25) is 0 Å². The topological polar surface area (TPSA) is 105 Å². The molecule has 1 amide bonds. The van der Waals surface area contributed by atoms with Crippen LogP contribution in [0.25, 0.3) is 0 Å². The van der Waals surface area contributed by atoms with E-state index in [1.54, 1.807) is 12.1 Å². The molecule has 0 aliphatic rings. The van der Waals surface area contributed by atoms with Crippen LogP contribution in [-0.4, -0.2) is 32.2 Å². The number of aryl methyl sites for hydroxylation is 1. The van der Waals surface area contributed by atoms with E-state index in [0.29, 0.717) is 5.82 Å². The fourth-order valence-corrected chi connectivity index (χ4v) is 1.46. The minimum absolute atomic E-state index is 0.0658. The molecule has 7 nitrogen and oxygen atoms in total. The van der Waals surface area contributed by atoms with E-state index >= 15 is 0 Å². The number of amides is 1. The normalized spacial score (nSPS) is 9.95. The highest BCUT2D eigenvalue weighted by molar-refractivity contribution is 6.02. The molecule has 0 radical (unpaired) electrons. The van der Waals surface area contributed by atoms with Crippen molar-refractivity contribution in [3.63, 3.8) is 0 Å². The molecule has 0 saturated heterocycles. The first-order chi connectivity index (χ1) is 9.08. The molecule has 0 aliphatic heterocycles. The third-order valence-corrected chi connectivity index (χ3v) is 2.36. The zero-order valence-corrected chi connectivity index (χ0v) is 9.99. The lowest BCUT2D eigenvalue weighted by Gasteiger charge is -2.05. The third-order valence-electron chi connectivity index (χ3n) is 2.36. The van der Waals surface area contributed by atoms with Gasteiger partial charge in [0.25, 0.3) is 5.91 Å². The van der Waals surface area contributed by atoms with Crippen molar-refractivity contribution in [2.75, 3.05) is 5.32 Å². The smallest absolute Gasteiger partial charge is 0.337 e. The molecule has 19 heavy (non-hydrogen) atoms. The summed E-state index contributed by atoms with van der Waals surface area (Å²) in [6.07, 6.45) is 1.49. The molecule has 2 aromatic heterocycles. The maximum absolute atomic E-state index is 11.9. The molecule has 96 valence electrons. The van der Waals surface area contributed by atoms with Gasteiger partial charge in [-0.1, -0.05) is 0 Å². The van der Waals surface area contributed by atoms with Crippen LogP contribution in [0.3, 0.4) is 0 Å². The van der Waals surface area contributed by atoms with E-state index in [4.69, 9.17) is 5.11 Å². The zero-order chi connectivity index (χ0) is 13.8. The number of hydrogen-bond acceptors (Lipinski definition) is 5. The summed E-state index contributed by atoms with van der Waals surface area (Å²) in [6, 6.07) is 5.91. The number of aromatic carboxylic acids is 1. The van der Waals surface area contributed by atoms with Crippen LogP contribution < -0.4 is 5.32 Å². The van der Waals surface area contributed by atoms with Crippen molar-refractivity contribution in [1.82, 2.24) is 15.2 Å². The van der Waals surface area contributed by atoms with Crippen LogP contribution in [0.2, 0.25) is 0 Å². The Morgan fingerprint density at radius 3 is 2.63 bits per heavy atom.